The van der Waals surface area contributed by atoms with Crippen LogP contribution in [0.2, 0.25) is 0 Å². The fourth-order valence-electron chi connectivity index (χ4n) is 4.55. The number of hydrogen-bond acceptors (Lipinski definition) is 2. The van der Waals surface area contributed by atoms with Gasteiger partial charge in [-0.05, 0) is 50.9 Å². The van der Waals surface area contributed by atoms with E-state index < -0.39 is 0 Å². The van der Waals surface area contributed by atoms with Crippen molar-refractivity contribution in [1.82, 2.24) is 4.90 Å². The van der Waals surface area contributed by atoms with E-state index in [0.29, 0.717) is 11.9 Å². The van der Waals surface area contributed by atoms with Crippen LogP contribution in [0.4, 0.5) is 0 Å². The molecule has 3 fully saturated rings. The molecule has 0 radical (unpaired) electrons. The summed E-state index contributed by atoms with van der Waals surface area (Å²) in [4.78, 5) is 15.0. The maximum atomic E-state index is 12.7. The molecule has 0 spiro atoms. The Morgan fingerprint density at radius 1 is 0.947 bits per heavy atom. The zero-order valence-electron chi connectivity index (χ0n) is 12.0. The molecule has 0 aromatic heterocycles. The van der Waals surface area contributed by atoms with E-state index in [9.17, 15) is 4.79 Å². The summed E-state index contributed by atoms with van der Waals surface area (Å²) >= 11 is 0. The van der Waals surface area contributed by atoms with Crippen LogP contribution in [0.1, 0.15) is 64.2 Å². The van der Waals surface area contributed by atoms with E-state index in [4.69, 9.17) is 5.73 Å². The molecule has 3 rings (SSSR count). The van der Waals surface area contributed by atoms with Crippen molar-refractivity contribution in [3.63, 3.8) is 0 Å². The monoisotopic (exact) mass is 264 g/mol. The van der Waals surface area contributed by atoms with Crippen LogP contribution in [0, 0.1) is 11.8 Å². The second kappa shape index (κ2) is 5.82. The van der Waals surface area contributed by atoms with E-state index in [-0.39, 0.29) is 12.0 Å². The first-order chi connectivity index (χ1) is 9.25. The summed E-state index contributed by atoms with van der Waals surface area (Å²) < 4.78 is 0. The van der Waals surface area contributed by atoms with E-state index in [0.717, 1.165) is 31.7 Å². The van der Waals surface area contributed by atoms with Gasteiger partial charge in [0.05, 0.1) is 0 Å². The summed E-state index contributed by atoms with van der Waals surface area (Å²) in [6.45, 7) is 1.01. The van der Waals surface area contributed by atoms with Crippen LogP contribution >= 0.6 is 0 Å². The molecule has 1 saturated heterocycles. The van der Waals surface area contributed by atoms with Gasteiger partial charge in [0, 0.05) is 24.5 Å². The molecule has 3 aliphatic rings. The van der Waals surface area contributed by atoms with E-state index in [2.05, 4.69) is 4.90 Å². The number of carbonyl (C=O) groups is 1. The van der Waals surface area contributed by atoms with Gasteiger partial charge < -0.3 is 10.6 Å². The lowest BCUT2D eigenvalue weighted by atomic mass is 9.82. The SMILES string of the molecule is N[C@@H]1CC[C@H](C(=O)N2CCC[C@H]2C2CCCCC2)C1. The molecule has 2 saturated carbocycles. The number of amides is 1. The number of carbonyl (C=O) groups excluding carboxylic acids is 1. The minimum atomic E-state index is 0.235. The molecule has 3 atom stereocenters. The Morgan fingerprint density at radius 3 is 2.42 bits per heavy atom. The summed E-state index contributed by atoms with van der Waals surface area (Å²) in [5.74, 6) is 1.45. The minimum absolute atomic E-state index is 0.235. The van der Waals surface area contributed by atoms with Gasteiger partial charge in [-0.2, -0.15) is 0 Å². The van der Waals surface area contributed by atoms with Crippen molar-refractivity contribution in [3.05, 3.63) is 0 Å². The second-order valence-electron chi connectivity index (χ2n) is 6.91. The maximum Gasteiger partial charge on any atom is 0.225 e. The Kier molecular flexibility index (Phi) is 4.11. The van der Waals surface area contributed by atoms with E-state index in [1.165, 1.54) is 44.9 Å². The third-order valence-electron chi connectivity index (χ3n) is 5.60. The van der Waals surface area contributed by atoms with Gasteiger partial charge in [0.2, 0.25) is 5.91 Å². The molecule has 1 amide bonds. The highest BCUT2D eigenvalue weighted by Gasteiger charge is 2.39. The largest absolute Gasteiger partial charge is 0.339 e. The van der Waals surface area contributed by atoms with Crippen LogP contribution in [0.5, 0.6) is 0 Å². The normalized spacial score (nSPS) is 36.9. The van der Waals surface area contributed by atoms with Crippen LogP contribution in [0.15, 0.2) is 0 Å². The van der Waals surface area contributed by atoms with E-state index in [1.54, 1.807) is 0 Å². The first kappa shape index (κ1) is 13.4. The van der Waals surface area contributed by atoms with Crippen molar-refractivity contribution in [2.75, 3.05) is 6.54 Å². The highest BCUT2D eigenvalue weighted by Crippen LogP contribution is 2.36. The Hall–Kier alpha value is -0.570. The highest BCUT2D eigenvalue weighted by atomic mass is 16.2. The van der Waals surface area contributed by atoms with Crippen molar-refractivity contribution >= 4 is 5.91 Å². The van der Waals surface area contributed by atoms with Crippen molar-refractivity contribution in [3.8, 4) is 0 Å². The van der Waals surface area contributed by atoms with Crippen LogP contribution in [-0.2, 0) is 4.79 Å². The first-order valence-electron chi connectivity index (χ1n) is 8.32. The van der Waals surface area contributed by atoms with Crippen LogP contribution in [-0.4, -0.2) is 29.4 Å². The van der Waals surface area contributed by atoms with Crippen LogP contribution < -0.4 is 5.73 Å². The van der Waals surface area contributed by atoms with Crippen molar-refractivity contribution < 1.29 is 4.79 Å². The predicted molar refractivity (Wildman–Crippen MR) is 76.6 cm³/mol. The summed E-state index contributed by atoms with van der Waals surface area (Å²) in [5.41, 5.74) is 5.97. The number of nitrogens with two attached hydrogens (primary N) is 1. The third-order valence-corrected chi connectivity index (χ3v) is 5.60. The number of hydrogen-bond donors (Lipinski definition) is 1. The lowest BCUT2D eigenvalue weighted by molar-refractivity contribution is -0.137. The molecule has 108 valence electrons. The van der Waals surface area contributed by atoms with E-state index >= 15 is 0 Å². The second-order valence-corrected chi connectivity index (χ2v) is 6.91. The molecular formula is C16H28N2O. The molecular weight excluding hydrogens is 236 g/mol. The smallest absolute Gasteiger partial charge is 0.225 e. The Morgan fingerprint density at radius 2 is 1.74 bits per heavy atom. The van der Waals surface area contributed by atoms with Gasteiger partial charge in [0.25, 0.3) is 0 Å². The van der Waals surface area contributed by atoms with Gasteiger partial charge in [-0.3, -0.25) is 4.79 Å². The van der Waals surface area contributed by atoms with Crippen molar-refractivity contribution in [2.24, 2.45) is 17.6 Å². The number of rotatable bonds is 2. The Balaban J connectivity index is 1.63. The lowest BCUT2D eigenvalue weighted by Gasteiger charge is -2.35. The van der Waals surface area contributed by atoms with E-state index in [1.807, 2.05) is 0 Å². The topological polar surface area (TPSA) is 46.3 Å². The average molecular weight is 264 g/mol. The summed E-state index contributed by atoms with van der Waals surface area (Å²) in [6.07, 6.45) is 12.3. The molecule has 3 nitrogen and oxygen atoms in total. The molecule has 0 aromatic rings. The molecule has 0 bridgehead atoms. The quantitative estimate of drug-likeness (QED) is 0.833. The van der Waals surface area contributed by atoms with Gasteiger partial charge >= 0.3 is 0 Å². The van der Waals surface area contributed by atoms with Crippen molar-refractivity contribution in [2.45, 2.75) is 76.3 Å². The van der Waals surface area contributed by atoms with Crippen LogP contribution in [0.3, 0.4) is 0 Å². The third kappa shape index (κ3) is 2.81. The lowest BCUT2D eigenvalue weighted by Crippen LogP contribution is -2.43. The molecule has 2 aliphatic carbocycles. The first-order valence-corrected chi connectivity index (χ1v) is 8.32. The molecule has 0 aromatic carbocycles. The summed E-state index contributed by atoms with van der Waals surface area (Å²) in [7, 11) is 0. The minimum Gasteiger partial charge on any atom is -0.339 e. The number of likely N-dealkylation sites (tertiary alicyclic amines) is 1. The van der Waals surface area contributed by atoms with Gasteiger partial charge in [-0.15, -0.1) is 0 Å². The van der Waals surface area contributed by atoms with Gasteiger partial charge in [0.15, 0.2) is 0 Å². The molecule has 1 heterocycles. The predicted octanol–water partition coefficient (Wildman–Crippen LogP) is 2.69. The Bertz CT molecular complexity index is 325. The number of nitrogens with zero attached hydrogens (tertiary/aromatic N) is 1. The fraction of sp³-hybridized carbons (Fsp3) is 0.938. The van der Waals surface area contributed by atoms with Gasteiger partial charge in [0.1, 0.15) is 0 Å². The summed E-state index contributed by atoms with van der Waals surface area (Å²) in [5, 5.41) is 0. The van der Waals surface area contributed by atoms with Crippen molar-refractivity contribution in [1.29, 1.82) is 0 Å². The van der Waals surface area contributed by atoms with Gasteiger partial charge in [-0.1, -0.05) is 19.3 Å². The molecule has 0 unspecified atom stereocenters. The Labute approximate surface area is 116 Å². The zero-order valence-corrected chi connectivity index (χ0v) is 12.0. The van der Waals surface area contributed by atoms with Crippen LogP contribution in [0.25, 0.3) is 0 Å². The fourth-order valence-corrected chi connectivity index (χ4v) is 4.55. The molecule has 2 N–H and O–H groups in total. The molecule has 3 heteroatoms. The average Bonchev–Trinajstić information content (AvgIpc) is 3.07. The molecule has 1 aliphatic heterocycles. The zero-order chi connectivity index (χ0) is 13.2. The standard InChI is InChI=1S/C16H28N2O/c17-14-9-8-13(11-14)16(19)18-10-4-7-15(18)12-5-2-1-3-6-12/h12-15H,1-11,17H2/t13-,14+,15-/m0/s1. The molecule has 19 heavy (non-hydrogen) atoms. The highest BCUT2D eigenvalue weighted by molar-refractivity contribution is 5.79. The van der Waals surface area contributed by atoms with Gasteiger partial charge in [-0.25, -0.2) is 0 Å². The summed E-state index contributed by atoms with van der Waals surface area (Å²) in [6, 6.07) is 0.828. The maximum absolute atomic E-state index is 12.7.